The van der Waals surface area contributed by atoms with Crippen LogP contribution in [0.4, 0.5) is 0 Å². The number of ether oxygens (including phenoxy) is 2. The monoisotopic (exact) mass is 409 g/mol. The van der Waals surface area contributed by atoms with Crippen molar-refractivity contribution in [1.29, 1.82) is 0 Å². The predicted molar refractivity (Wildman–Crippen MR) is 110 cm³/mol. The number of carbonyl (C=O) groups excluding carboxylic acids is 3. The molecule has 1 amide bonds. The molecule has 0 fully saturated rings. The van der Waals surface area contributed by atoms with E-state index in [4.69, 9.17) is 9.15 Å². The van der Waals surface area contributed by atoms with Crippen molar-refractivity contribution in [2.75, 3.05) is 13.7 Å². The fourth-order valence-electron chi connectivity index (χ4n) is 2.95. The Morgan fingerprint density at radius 1 is 1.03 bits per heavy atom. The fourth-order valence-corrected chi connectivity index (χ4v) is 2.95. The van der Waals surface area contributed by atoms with Crippen LogP contribution < -0.4 is 5.32 Å². The lowest BCUT2D eigenvalue weighted by Gasteiger charge is -2.07. The Kier molecular flexibility index (Phi) is 6.51. The van der Waals surface area contributed by atoms with Crippen LogP contribution in [-0.2, 0) is 32.0 Å². The number of methoxy groups -OCH3 is 1. The number of fused-ring (bicyclic) bond motifs is 1. The zero-order valence-electron chi connectivity index (χ0n) is 17.1. The summed E-state index contributed by atoms with van der Waals surface area (Å²) < 4.78 is 15.2. The predicted octanol–water partition coefficient (Wildman–Crippen LogP) is 3.24. The number of carbonyl (C=O) groups is 3. The zero-order chi connectivity index (χ0) is 21.7. The fraction of sp³-hybridized carbons (Fsp3) is 0.261. The maximum atomic E-state index is 12.1. The van der Waals surface area contributed by atoms with E-state index < -0.39 is 17.8 Å². The summed E-state index contributed by atoms with van der Waals surface area (Å²) in [7, 11) is 1.31. The number of nitrogens with one attached hydrogen (secondary N) is 1. The van der Waals surface area contributed by atoms with E-state index in [0.717, 1.165) is 33.2 Å². The highest BCUT2D eigenvalue weighted by molar-refractivity contribution is 5.89. The van der Waals surface area contributed by atoms with Crippen molar-refractivity contribution in [3.8, 4) is 0 Å². The topological polar surface area (TPSA) is 94.8 Å². The molecule has 3 aromatic rings. The Hall–Kier alpha value is -3.61. The maximum absolute atomic E-state index is 12.1. The summed E-state index contributed by atoms with van der Waals surface area (Å²) in [5.41, 5.74) is 4.90. The van der Waals surface area contributed by atoms with Crippen LogP contribution in [0, 0.1) is 13.8 Å². The second-order valence-electron chi connectivity index (χ2n) is 7.00. The van der Waals surface area contributed by atoms with Crippen LogP contribution in [0.25, 0.3) is 11.0 Å². The minimum Gasteiger partial charge on any atom is -0.465 e. The van der Waals surface area contributed by atoms with E-state index in [9.17, 15) is 14.4 Å². The number of benzene rings is 2. The molecular formula is C23H23NO6. The summed E-state index contributed by atoms with van der Waals surface area (Å²) in [6.45, 7) is 3.88. The van der Waals surface area contributed by atoms with Gasteiger partial charge in [-0.05, 0) is 54.8 Å². The van der Waals surface area contributed by atoms with Crippen molar-refractivity contribution in [2.45, 2.75) is 26.8 Å². The summed E-state index contributed by atoms with van der Waals surface area (Å²) >= 11 is 0. The molecule has 0 radical (unpaired) electrons. The van der Waals surface area contributed by atoms with E-state index in [1.54, 1.807) is 30.5 Å². The van der Waals surface area contributed by atoms with E-state index >= 15 is 0 Å². The summed E-state index contributed by atoms with van der Waals surface area (Å²) in [4.78, 5) is 35.5. The van der Waals surface area contributed by atoms with Gasteiger partial charge in [-0.25, -0.2) is 4.79 Å². The van der Waals surface area contributed by atoms with Gasteiger partial charge in [0.1, 0.15) is 5.58 Å². The highest BCUT2D eigenvalue weighted by atomic mass is 16.5. The third-order valence-electron chi connectivity index (χ3n) is 4.83. The number of hydrogen-bond donors (Lipinski definition) is 1. The first-order valence-electron chi connectivity index (χ1n) is 9.44. The van der Waals surface area contributed by atoms with Crippen LogP contribution in [0.5, 0.6) is 0 Å². The van der Waals surface area contributed by atoms with Crippen molar-refractivity contribution < 1.29 is 28.3 Å². The minimum absolute atomic E-state index is 0.0256. The normalized spacial score (nSPS) is 10.6. The van der Waals surface area contributed by atoms with Gasteiger partial charge in [-0.1, -0.05) is 12.1 Å². The van der Waals surface area contributed by atoms with Gasteiger partial charge >= 0.3 is 11.9 Å². The van der Waals surface area contributed by atoms with Gasteiger partial charge in [0.25, 0.3) is 5.91 Å². The molecule has 0 aliphatic carbocycles. The number of esters is 2. The Morgan fingerprint density at radius 3 is 2.43 bits per heavy atom. The van der Waals surface area contributed by atoms with Gasteiger partial charge in [0, 0.05) is 17.5 Å². The molecule has 0 saturated heterocycles. The molecule has 0 spiro atoms. The molecule has 2 aromatic carbocycles. The lowest BCUT2D eigenvalue weighted by molar-refractivity contribution is -0.147. The average Bonchev–Trinajstić information content (AvgIpc) is 3.12. The quantitative estimate of drug-likeness (QED) is 0.602. The van der Waals surface area contributed by atoms with Crippen LogP contribution in [0.1, 0.15) is 32.6 Å². The third kappa shape index (κ3) is 5.05. The van der Waals surface area contributed by atoms with Crippen LogP contribution in [0.15, 0.2) is 47.1 Å². The Bertz CT molecular complexity index is 1080. The molecule has 0 aliphatic heterocycles. The minimum atomic E-state index is -0.506. The van der Waals surface area contributed by atoms with Crippen molar-refractivity contribution in [1.82, 2.24) is 5.32 Å². The number of hydrogen-bond acceptors (Lipinski definition) is 6. The van der Waals surface area contributed by atoms with Gasteiger partial charge in [-0.15, -0.1) is 0 Å². The standard InChI is InChI=1S/C23H23NO6/c1-14-8-19-18(12-29-20(19)9-15(14)2)10-22(26)30-13-21(25)24-11-16-4-6-17(7-5-16)23(27)28-3/h4-9,12H,10-11,13H2,1-3H3,(H,24,25). The summed E-state index contributed by atoms with van der Waals surface area (Å²) in [6, 6.07) is 10.6. The van der Waals surface area contributed by atoms with Gasteiger partial charge < -0.3 is 19.2 Å². The molecular weight excluding hydrogens is 386 g/mol. The van der Waals surface area contributed by atoms with Crippen molar-refractivity contribution in [3.05, 3.63) is 70.5 Å². The number of amides is 1. The number of furan rings is 1. The van der Waals surface area contributed by atoms with Gasteiger partial charge in [0.2, 0.25) is 0 Å². The lowest BCUT2D eigenvalue weighted by Crippen LogP contribution is -2.28. The SMILES string of the molecule is COC(=O)c1ccc(CNC(=O)COC(=O)Cc2coc3cc(C)c(C)cc23)cc1. The van der Waals surface area contributed by atoms with Crippen LogP contribution in [0.3, 0.4) is 0 Å². The third-order valence-corrected chi connectivity index (χ3v) is 4.83. The van der Waals surface area contributed by atoms with Gasteiger partial charge in [0.05, 0.1) is 25.4 Å². The molecule has 1 heterocycles. The molecule has 1 aromatic heterocycles. The molecule has 0 unspecified atom stereocenters. The van der Waals surface area contributed by atoms with Gasteiger partial charge in [-0.3, -0.25) is 9.59 Å². The van der Waals surface area contributed by atoms with Crippen LogP contribution in [0.2, 0.25) is 0 Å². The Morgan fingerprint density at radius 2 is 1.73 bits per heavy atom. The second-order valence-corrected chi connectivity index (χ2v) is 7.00. The van der Waals surface area contributed by atoms with Crippen LogP contribution in [-0.4, -0.2) is 31.6 Å². The van der Waals surface area contributed by atoms with Gasteiger partial charge in [-0.2, -0.15) is 0 Å². The molecule has 7 heteroatoms. The molecule has 30 heavy (non-hydrogen) atoms. The average molecular weight is 409 g/mol. The largest absolute Gasteiger partial charge is 0.465 e. The Balaban J connectivity index is 1.47. The molecule has 7 nitrogen and oxygen atoms in total. The van der Waals surface area contributed by atoms with Crippen molar-refractivity contribution >= 4 is 28.8 Å². The molecule has 0 bridgehead atoms. The van der Waals surface area contributed by atoms with E-state index in [1.807, 2.05) is 26.0 Å². The highest BCUT2D eigenvalue weighted by Gasteiger charge is 2.14. The summed E-state index contributed by atoms with van der Waals surface area (Å²) in [5, 5.41) is 3.54. The highest BCUT2D eigenvalue weighted by Crippen LogP contribution is 2.25. The van der Waals surface area contributed by atoms with Gasteiger partial charge in [0.15, 0.2) is 6.61 Å². The van der Waals surface area contributed by atoms with Crippen molar-refractivity contribution in [2.24, 2.45) is 0 Å². The molecule has 0 atom stereocenters. The molecule has 0 saturated carbocycles. The molecule has 156 valence electrons. The van der Waals surface area contributed by atoms with E-state index in [0.29, 0.717) is 5.56 Å². The molecule has 3 rings (SSSR count). The van der Waals surface area contributed by atoms with E-state index in [1.165, 1.54) is 7.11 Å². The lowest BCUT2D eigenvalue weighted by atomic mass is 10.0. The second kappa shape index (κ2) is 9.26. The van der Waals surface area contributed by atoms with Crippen molar-refractivity contribution in [3.63, 3.8) is 0 Å². The maximum Gasteiger partial charge on any atom is 0.337 e. The number of rotatable bonds is 7. The zero-order valence-corrected chi connectivity index (χ0v) is 17.1. The number of aryl methyl sites for hydroxylation is 2. The Labute approximate surface area is 174 Å². The first-order valence-corrected chi connectivity index (χ1v) is 9.44. The smallest absolute Gasteiger partial charge is 0.337 e. The van der Waals surface area contributed by atoms with E-state index in [2.05, 4.69) is 10.1 Å². The first kappa shape index (κ1) is 21.1. The molecule has 1 N–H and O–H groups in total. The first-order chi connectivity index (χ1) is 14.4. The van der Waals surface area contributed by atoms with E-state index in [-0.39, 0.29) is 19.6 Å². The summed E-state index contributed by atoms with van der Waals surface area (Å²) in [5.74, 6) is -1.34. The summed E-state index contributed by atoms with van der Waals surface area (Å²) in [6.07, 6.45) is 1.57. The van der Waals surface area contributed by atoms with Crippen LogP contribution >= 0.6 is 0 Å². The molecule has 0 aliphatic rings.